The van der Waals surface area contributed by atoms with Crippen LogP contribution in [0.2, 0.25) is 0 Å². The molecule has 1 unspecified atom stereocenters. The molecule has 0 spiro atoms. The van der Waals surface area contributed by atoms with Crippen LogP contribution in [0.4, 0.5) is 5.82 Å². The number of nitrogens with two attached hydrogens (primary N) is 1. The Hall–Kier alpha value is -1.14. The maximum Gasteiger partial charge on any atom is 0.255 e. The van der Waals surface area contributed by atoms with E-state index in [2.05, 4.69) is 20.9 Å². The molecule has 0 aliphatic carbocycles. The second-order valence-corrected chi connectivity index (χ2v) is 5.77. The number of carbonyl (C=O) groups excluding carboxylic acids is 1. The van der Waals surface area contributed by atoms with Crippen LogP contribution in [-0.4, -0.2) is 39.6 Å². The summed E-state index contributed by atoms with van der Waals surface area (Å²) in [6.45, 7) is 2.76. The van der Waals surface area contributed by atoms with E-state index < -0.39 is 5.60 Å². The average Bonchev–Trinajstić information content (AvgIpc) is 2.30. The van der Waals surface area contributed by atoms with Crippen LogP contribution in [0.5, 0.6) is 0 Å². The molecule has 1 amide bonds. The summed E-state index contributed by atoms with van der Waals surface area (Å²) in [7, 11) is 0. The lowest BCUT2D eigenvalue weighted by molar-refractivity contribution is -0.0107. The second kappa shape index (κ2) is 4.85. The fraction of sp³-hybridized carbons (Fsp3) is 0.500. The first-order valence-electron chi connectivity index (χ1n) is 5.82. The number of hydrogen-bond donors (Lipinski definition) is 2. The van der Waals surface area contributed by atoms with Crippen LogP contribution in [0.25, 0.3) is 0 Å². The molecule has 1 fully saturated rings. The zero-order valence-corrected chi connectivity index (χ0v) is 11.8. The van der Waals surface area contributed by atoms with E-state index in [9.17, 15) is 9.90 Å². The summed E-state index contributed by atoms with van der Waals surface area (Å²) in [5, 5.41) is 10.0. The van der Waals surface area contributed by atoms with Crippen LogP contribution in [0, 0.1) is 0 Å². The molecule has 1 aromatic rings. The molecule has 0 aromatic carbocycles. The summed E-state index contributed by atoms with van der Waals surface area (Å²) in [5.74, 6) is 0.182. The monoisotopic (exact) mass is 313 g/mol. The van der Waals surface area contributed by atoms with E-state index in [-0.39, 0.29) is 5.91 Å². The van der Waals surface area contributed by atoms with E-state index >= 15 is 0 Å². The van der Waals surface area contributed by atoms with Crippen molar-refractivity contribution in [3.63, 3.8) is 0 Å². The maximum atomic E-state index is 12.4. The number of piperidine rings is 1. The Morgan fingerprint density at radius 3 is 3.06 bits per heavy atom. The van der Waals surface area contributed by atoms with Gasteiger partial charge in [0.25, 0.3) is 5.91 Å². The van der Waals surface area contributed by atoms with Crippen molar-refractivity contribution in [1.29, 1.82) is 0 Å². The largest absolute Gasteiger partial charge is 0.388 e. The van der Waals surface area contributed by atoms with Crippen LogP contribution < -0.4 is 5.73 Å². The minimum absolute atomic E-state index is 0.129. The predicted octanol–water partition coefficient (Wildman–Crippen LogP) is 1.41. The Morgan fingerprint density at radius 1 is 1.67 bits per heavy atom. The van der Waals surface area contributed by atoms with E-state index in [1.165, 1.54) is 6.20 Å². The van der Waals surface area contributed by atoms with E-state index in [1.807, 2.05) is 0 Å². The number of likely N-dealkylation sites (tertiary alicyclic amines) is 1. The number of anilines is 1. The van der Waals surface area contributed by atoms with Crippen molar-refractivity contribution in [2.45, 2.75) is 25.4 Å². The molecule has 0 saturated carbocycles. The van der Waals surface area contributed by atoms with E-state index in [0.717, 1.165) is 12.8 Å². The number of hydrogen-bond acceptors (Lipinski definition) is 4. The molecule has 1 saturated heterocycles. The van der Waals surface area contributed by atoms with Crippen molar-refractivity contribution < 1.29 is 9.90 Å². The highest BCUT2D eigenvalue weighted by Gasteiger charge is 2.31. The molecule has 5 nitrogen and oxygen atoms in total. The Bertz CT molecular complexity index is 476. The number of amides is 1. The van der Waals surface area contributed by atoms with Crippen molar-refractivity contribution in [2.24, 2.45) is 0 Å². The van der Waals surface area contributed by atoms with E-state index in [1.54, 1.807) is 17.9 Å². The number of carbonyl (C=O) groups is 1. The third kappa shape index (κ3) is 2.81. The molecule has 0 bridgehead atoms. The van der Waals surface area contributed by atoms with E-state index in [4.69, 9.17) is 5.73 Å². The van der Waals surface area contributed by atoms with Gasteiger partial charge in [0.15, 0.2) is 0 Å². The van der Waals surface area contributed by atoms with Crippen LogP contribution in [-0.2, 0) is 0 Å². The lowest BCUT2D eigenvalue weighted by Gasteiger charge is -2.37. The van der Waals surface area contributed by atoms with Crippen molar-refractivity contribution in [2.75, 3.05) is 18.8 Å². The summed E-state index contributed by atoms with van der Waals surface area (Å²) in [5.41, 5.74) is 5.28. The SMILES string of the molecule is CC1(O)CCCN(C(=O)c2cc(N)ncc2Br)C1. The van der Waals surface area contributed by atoms with Crippen molar-refractivity contribution in [1.82, 2.24) is 9.88 Å². The standard InChI is InChI=1S/C12H16BrN3O2/c1-12(18)3-2-4-16(7-12)11(17)8-5-10(14)15-6-9(8)13/h5-6,18H,2-4,7H2,1H3,(H2,14,15). The highest BCUT2D eigenvalue weighted by atomic mass is 79.9. The third-order valence-electron chi connectivity index (χ3n) is 3.07. The van der Waals surface area contributed by atoms with Gasteiger partial charge in [-0.2, -0.15) is 0 Å². The summed E-state index contributed by atoms with van der Waals surface area (Å²) in [6, 6.07) is 1.55. The molecule has 1 aliphatic rings. The highest BCUT2D eigenvalue weighted by Crippen LogP contribution is 2.24. The first-order valence-corrected chi connectivity index (χ1v) is 6.61. The first-order chi connectivity index (χ1) is 8.39. The van der Waals surface area contributed by atoms with Gasteiger partial charge in [0.1, 0.15) is 5.82 Å². The summed E-state index contributed by atoms with van der Waals surface area (Å²) >= 11 is 3.30. The Morgan fingerprint density at radius 2 is 2.39 bits per heavy atom. The molecule has 98 valence electrons. The van der Waals surface area contributed by atoms with Crippen molar-refractivity contribution in [3.05, 3.63) is 22.3 Å². The fourth-order valence-electron chi connectivity index (χ4n) is 2.18. The van der Waals surface area contributed by atoms with Gasteiger partial charge in [-0.25, -0.2) is 4.98 Å². The van der Waals surface area contributed by atoms with Gasteiger partial charge >= 0.3 is 0 Å². The lowest BCUT2D eigenvalue weighted by atomic mass is 9.95. The molecule has 2 heterocycles. The lowest BCUT2D eigenvalue weighted by Crippen LogP contribution is -2.48. The van der Waals surface area contributed by atoms with Gasteiger partial charge in [-0.15, -0.1) is 0 Å². The minimum atomic E-state index is -0.807. The number of aromatic nitrogens is 1. The number of nitrogen functional groups attached to an aromatic ring is 1. The molecule has 0 radical (unpaired) electrons. The zero-order chi connectivity index (χ0) is 13.3. The number of aliphatic hydroxyl groups is 1. The third-order valence-corrected chi connectivity index (χ3v) is 3.70. The fourth-order valence-corrected chi connectivity index (χ4v) is 2.57. The van der Waals surface area contributed by atoms with E-state index in [0.29, 0.717) is 28.9 Å². The number of rotatable bonds is 1. The number of β-amino-alcohol motifs (C(OH)–C–C–N with tert-alkyl or cyclic N) is 1. The number of nitrogens with zero attached hydrogens (tertiary/aromatic N) is 2. The molecule has 2 rings (SSSR count). The van der Waals surface area contributed by atoms with Gasteiger partial charge in [-0.3, -0.25) is 4.79 Å². The summed E-state index contributed by atoms with van der Waals surface area (Å²) < 4.78 is 0.618. The molecular weight excluding hydrogens is 298 g/mol. The Kier molecular flexibility index (Phi) is 3.59. The molecule has 6 heteroatoms. The molecule has 1 aromatic heterocycles. The highest BCUT2D eigenvalue weighted by molar-refractivity contribution is 9.10. The van der Waals surface area contributed by atoms with Gasteiger partial charge in [0.05, 0.1) is 11.2 Å². The maximum absolute atomic E-state index is 12.4. The van der Waals surface area contributed by atoms with Crippen LogP contribution in [0.3, 0.4) is 0 Å². The number of halogens is 1. The quantitative estimate of drug-likeness (QED) is 0.821. The first kappa shape index (κ1) is 13.3. The van der Waals surface area contributed by atoms with Crippen LogP contribution >= 0.6 is 15.9 Å². The Labute approximate surface area is 114 Å². The average molecular weight is 314 g/mol. The molecule has 1 aliphatic heterocycles. The van der Waals surface area contributed by atoms with Gasteiger partial charge in [0.2, 0.25) is 0 Å². The topological polar surface area (TPSA) is 79.5 Å². The minimum Gasteiger partial charge on any atom is -0.388 e. The zero-order valence-electron chi connectivity index (χ0n) is 10.2. The molecule has 3 N–H and O–H groups in total. The van der Waals surface area contributed by atoms with Crippen LogP contribution in [0.15, 0.2) is 16.7 Å². The Balaban J connectivity index is 2.23. The van der Waals surface area contributed by atoms with Crippen LogP contribution in [0.1, 0.15) is 30.1 Å². The number of pyridine rings is 1. The predicted molar refractivity (Wildman–Crippen MR) is 72.1 cm³/mol. The smallest absolute Gasteiger partial charge is 0.255 e. The summed E-state index contributed by atoms with van der Waals surface area (Å²) in [6.07, 6.45) is 3.04. The molecular formula is C12H16BrN3O2. The van der Waals surface area contributed by atoms with Gasteiger partial charge in [-0.1, -0.05) is 0 Å². The summed E-state index contributed by atoms with van der Waals surface area (Å²) in [4.78, 5) is 17.9. The normalized spacial score (nSPS) is 24.1. The molecule has 18 heavy (non-hydrogen) atoms. The van der Waals surface area contributed by atoms with Gasteiger partial charge < -0.3 is 15.7 Å². The van der Waals surface area contributed by atoms with Gasteiger partial charge in [-0.05, 0) is 41.8 Å². The van der Waals surface area contributed by atoms with Crippen molar-refractivity contribution >= 4 is 27.7 Å². The second-order valence-electron chi connectivity index (χ2n) is 4.92. The van der Waals surface area contributed by atoms with Gasteiger partial charge in [0, 0.05) is 23.8 Å². The van der Waals surface area contributed by atoms with Crippen molar-refractivity contribution in [3.8, 4) is 0 Å². The molecule has 1 atom stereocenters.